The Bertz CT molecular complexity index is 1280. The van der Waals surface area contributed by atoms with Crippen LogP contribution in [0, 0.1) is 11.3 Å². The van der Waals surface area contributed by atoms with Crippen LogP contribution in [0.4, 0.5) is 13.2 Å². The molecule has 0 amide bonds. The van der Waals surface area contributed by atoms with E-state index in [1.807, 2.05) is 13.8 Å². The molecule has 0 saturated heterocycles. The standard InChI is InChI=1S/C28H33F3N2O4/c1-16(2)36-24-13-23-22(12-21(24)26(34)35)32-25(33(23)19-10-17(3)14-27(4,5)15-19)11-18-6-8-20(9-7-18)37-28(29,30)31/h6-9,12-13,16-17,19H,10-11,14-15H2,1-5H3,(H,34,35)/t17-,19+/m0/s1. The molecular weight excluding hydrogens is 485 g/mol. The molecule has 6 nitrogen and oxygen atoms in total. The second-order valence-electron chi connectivity index (χ2n) is 11.1. The van der Waals surface area contributed by atoms with E-state index < -0.39 is 12.3 Å². The van der Waals surface area contributed by atoms with Gasteiger partial charge in [-0.2, -0.15) is 0 Å². The van der Waals surface area contributed by atoms with Gasteiger partial charge in [-0.3, -0.25) is 0 Å². The highest BCUT2D eigenvalue weighted by molar-refractivity contribution is 5.96. The lowest BCUT2D eigenvalue weighted by molar-refractivity contribution is -0.274. The maximum atomic E-state index is 12.6. The van der Waals surface area contributed by atoms with Gasteiger partial charge in [-0.1, -0.05) is 32.9 Å². The van der Waals surface area contributed by atoms with Crippen molar-refractivity contribution in [3.05, 3.63) is 53.3 Å². The lowest BCUT2D eigenvalue weighted by atomic mass is 9.70. The Morgan fingerprint density at radius 1 is 1.19 bits per heavy atom. The Hall–Kier alpha value is -3.23. The Kier molecular flexibility index (Phi) is 7.18. The van der Waals surface area contributed by atoms with Gasteiger partial charge < -0.3 is 19.1 Å². The van der Waals surface area contributed by atoms with Gasteiger partial charge in [0.05, 0.1) is 17.1 Å². The number of alkyl halides is 3. The van der Waals surface area contributed by atoms with Gasteiger partial charge in [0, 0.05) is 18.5 Å². The molecule has 4 rings (SSSR count). The molecule has 1 aliphatic rings. The van der Waals surface area contributed by atoms with Crippen LogP contribution in [0.2, 0.25) is 0 Å². The Morgan fingerprint density at radius 3 is 2.43 bits per heavy atom. The van der Waals surface area contributed by atoms with Crippen LogP contribution in [-0.4, -0.2) is 33.1 Å². The van der Waals surface area contributed by atoms with E-state index in [0.29, 0.717) is 23.6 Å². The van der Waals surface area contributed by atoms with Crippen LogP contribution >= 0.6 is 0 Å². The van der Waals surface area contributed by atoms with E-state index in [9.17, 15) is 23.1 Å². The van der Waals surface area contributed by atoms with Gasteiger partial charge in [0.2, 0.25) is 0 Å². The van der Waals surface area contributed by atoms with Crippen molar-refractivity contribution in [2.24, 2.45) is 11.3 Å². The smallest absolute Gasteiger partial charge is 0.490 e. The molecular formula is C28H33F3N2O4. The average Bonchev–Trinajstić information content (AvgIpc) is 3.08. The lowest BCUT2D eigenvalue weighted by Gasteiger charge is -2.40. The number of halogens is 3. The van der Waals surface area contributed by atoms with Gasteiger partial charge in [0.25, 0.3) is 0 Å². The number of aromatic carboxylic acids is 1. The zero-order valence-corrected chi connectivity index (χ0v) is 21.7. The van der Waals surface area contributed by atoms with Gasteiger partial charge in [0.1, 0.15) is 22.9 Å². The number of ether oxygens (including phenoxy) is 2. The third-order valence-electron chi connectivity index (χ3n) is 6.70. The maximum absolute atomic E-state index is 12.6. The van der Waals surface area contributed by atoms with Gasteiger partial charge >= 0.3 is 12.3 Å². The molecule has 9 heteroatoms. The van der Waals surface area contributed by atoms with Crippen LogP contribution in [0.15, 0.2) is 36.4 Å². The molecule has 3 aromatic rings. The second-order valence-corrected chi connectivity index (χ2v) is 11.1. The summed E-state index contributed by atoms with van der Waals surface area (Å²) in [7, 11) is 0. The number of fused-ring (bicyclic) bond motifs is 1. The molecule has 1 heterocycles. The summed E-state index contributed by atoms with van der Waals surface area (Å²) in [6.45, 7) is 10.4. The van der Waals surface area contributed by atoms with E-state index in [1.54, 1.807) is 24.3 Å². The van der Waals surface area contributed by atoms with Crippen molar-refractivity contribution in [1.29, 1.82) is 0 Å². The lowest BCUT2D eigenvalue weighted by Crippen LogP contribution is -2.30. The van der Waals surface area contributed by atoms with E-state index in [4.69, 9.17) is 9.72 Å². The summed E-state index contributed by atoms with van der Waals surface area (Å²) in [5.74, 6) is 0.130. The zero-order chi connectivity index (χ0) is 27.1. The number of carbonyl (C=O) groups is 1. The summed E-state index contributed by atoms with van der Waals surface area (Å²) in [4.78, 5) is 16.8. The van der Waals surface area contributed by atoms with E-state index in [2.05, 4.69) is 30.1 Å². The molecule has 0 bridgehead atoms. The summed E-state index contributed by atoms with van der Waals surface area (Å²) < 4.78 is 49.8. The summed E-state index contributed by atoms with van der Waals surface area (Å²) in [5, 5.41) is 9.80. The molecule has 0 spiro atoms. The third-order valence-corrected chi connectivity index (χ3v) is 6.70. The SMILES string of the molecule is CC(C)Oc1cc2c(cc1C(=O)O)nc(Cc1ccc(OC(F)(F)F)cc1)n2[C@@H]1C[C@H](C)CC(C)(C)C1. The number of hydrogen-bond donors (Lipinski definition) is 1. The van der Waals surface area contributed by atoms with Crippen molar-refractivity contribution in [2.45, 2.75) is 78.8 Å². The summed E-state index contributed by atoms with van der Waals surface area (Å²) in [6, 6.07) is 9.21. The quantitative estimate of drug-likeness (QED) is 0.353. The number of aromatic nitrogens is 2. The van der Waals surface area contributed by atoms with Crippen molar-refractivity contribution in [2.75, 3.05) is 0 Å². The highest BCUT2D eigenvalue weighted by atomic mass is 19.4. The van der Waals surface area contributed by atoms with Gasteiger partial charge in [0.15, 0.2) is 0 Å². The molecule has 0 unspecified atom stereocenters. The Labute approximate surface area is 214 Å². The third kappa shape index (κ3) is 6.37. The number of carboxylic acid groups (broad SMARTS) is 1. The van der Waals surface area contributed by atoms with Crippen molar-refractivity contribution < 1.29 is 32.5 Å². The van der Waals surface area contributed by atoms with Crippen LogP contribution in [0.25, 0.3) is 11.0 Å². The monoisotopic (exact) mass is 518 g/mol. The number of hydrogen-bond acceptors (Lipinski definition) is 4. The summed E-state index contributed by atoms with van der Waals surface area (Å²) in [6.07, 6.45) is -1.61. The minimum atomic E-state index is -4.75. The first-order valence-electron chi connectivity index (χ1n) is 12.5. The van der Waals surface area contributed by atoms with E-state index in [-0.39, 0.29) is 28.9 Å². The summed E-state index contributed by atoms with van der Waals surface area (Å²) >= 11 is 0. The fraction of sp³-hybridized carbons (Fsp3) is 0.500. The van der Waals surface area contributed by atoms with Crippen LogP contribution in [0.5, 0.6) is 11.5 Å². The average molecular weight is 519 g/mol. The van der Waals surface area contributed by atoms with E-state index in [1.165, 1.54) is 12.1 Å². The highest BCUT2D eigenvalue weighted by Crippen LogP contribution is 2.46. The number of carboxylic acids is 1. The number of rotatable bonds is 7. The highest BCUT2D eigenvalue weighted by Gasteiger charge is 2.35. The number of imidazole rings is 1. The molecule has 1 N–H and O–H groups in total. The fourth-order valence-electron chi connectivity index (χ4n) is 5.71. The van der Waals surface area contributed by atoms with Crippen molar-refractivity contribution in [3.8, 4) is 11.5 Å². The van der Waals surface area contributed by atoms with Crippen LogP contribution in [0.1, 0.15) is 81.7 Å². The zero-order valence-electron chi connectivity index (χ0n) is 21.7. The molecule has 2 aromatic carbocycles. The molecule has 1 fully saturated rings. The molecule has 0 radical (unpaired) electrons. The van der Waals surface area contributed by atoms with Gasteiger partial charge in [-0.15, -0.1) is 13.2 Å². The molecule has 2 atom stereocenters. The van der Waals surface area contributed by atoms with Gasteiger partial charge in [-0.05, 0) is 68.2 Å². The van der Waals surface area contributed by atoms with Crippen LogP contribution in [-0.2, 0) is 6.42 Å². The predicted molar refractivity (Wildman–Crippen MR) is 134 cm³/mol. The fourth-order valence-corrected chi connectivity index (χ4v) is 5.71. The maximum Gasteiger partial charge on any atom is 0.573 e. The van der Waals surface area contributed by atoms with E-state index >= 15 is 0 Å². The Morgan fingerprint density at radius 2 is 1.86 bits per heavy atom. The molecule has 1 aromatic heterocycles. The minimum absolute atomic E-state index is 0.0448. The number of nitrogens with zero attached hydrogens (tertiary/aromatic N) is 2. The summed E-state index contributed by atoms with van der Waals surface area (Å²) in [5.41, 5.74) is 2.28. The molecule has 1 aliphatic carbocycles. The molecule has 0 aliphatic heterocycles. The predicted octanol–water partition coefficient (Wildman–Crippen LogP) is 7.40. The van der Waals surface area contributed by atoms with Crippen LogP contribution < -0.4 is 9.47 Å². The van der Waals surface area contributed by atoms with Crippen molar-refractivity contribution >= 4 is 17.0 Å². The molecule has 37 heavy (non-hydrogen) atoms. The first-order chi connectivity index (χ1) is 17.2. The largest absolute Gasteiger partial charge is 0.573 e. The van der Waals surface area contributed by atoms with Gasteiger partial charge in [-0.25, -0.2) is 9.78 Å². The van der Waals surface area contributed by atoms with E-state index in [0.717, 1.165) is 36.2 Å². The minimum Gasteiger partial charge on any atom is -0.490 e. The normalized spacial score (nSPS) is 19.8. The van der Waals surface area contributed by atoms with Crippen molar-refractivity contribution in [1.82, 2.24) is 9.55 Å². The molecule has 200 valence electrons. The van der Waals surface area contributed by atoms with Crippen molar-refractivity contribution in [3.63, 3.8) is 0 Å². The second kappa shape index (κ2) is 9.91. The first kappa shape index (κ1) is 26.8. The number of benzene rings is 2. The first-order valence-corrected chi connectivity index (χ1v) is 12.5. The van der Waals surface area contributed by atoms with Crippen LogP contribution in [0.3, 0.4) is 0 Å². The topological polar surface area (TPSA) is 73.6 Å². The Balaban J connectivity index is 1.81. The molecule has 1 saturated carbocycles.